The monoisotopic (exact) mass is 211 g/mol. The van der Waals surface area contributed by atoms with Crippen molar-refractivity contribution in [2.75, 3.05) is 19.7 Å². The second-order valence-electron chi connectivity index (χ2n) is 4.02. The fourth-order valence-electron chi connectivity index (χ4n) is 1.64. The first-order chi connectivity index (χ1) is 7.01. The highest BCUT2D eigenvalue weighted by molar-refractivity contribution is 5.29. The van der Waals surface area contributed by atoms with Gasteiger partial charge in [-0.25, -0.2) is 0 Å². The maximum Gasteiger partial charge on any atom is 0.0894 e. The van der Waals surface area contributed by atoms with Crippen LogP contribution in [0.5, 0.6) is 0 Å². The summed E-state index contributed by atoms with van der Waals surface area (Å²) in [5.41, 5.74) is 12.1. The summed E-state index contributed by atoms with van der Waals surface area (Å²) >= 11 is 0. The smallest absolute Gasteiger partial charge is 0.0894 e. The zero-order valence-electron chi connectivity index (χ0n) is 9.48. The van der Waals surface area contributed by atoms with Crippen LogP contribution in [0.25, 0.3) is 0 Å². The second kappa shape index (κ2) is 4.79. The van der Waals surface area contributed by atoms with Gasteiger partial charge in [0, 0.05) is 24.7 Å². The lowest BCUT2D eigenvalue weighted by molar-refractivity contribution is 0.232. The summed E-state index contributed by atoms with van der Waals surface area (Å²) in [5, 5.41) is 8.92. The zero-order chi connectivity index (χ0) is 11.5. The maximum absolute atomic E-state index is 8.92. The van der Waals surface area contributed by atoms with E-state index in [0.717, 1.165) is 12.2 Å². The summed E-state index contributed by atoms with van der Waals surface area (Å²) in [4.78, 5) is 2.10. The second-order valence-corrected chi connectivity index (χ2v) is 4.02. The van der Waals surface area contributed by atoms with Gasteiger partial charge in [0.05, 0.1) is 12.3 Å². The number of nitrogens with two attached hydrogens (primary N) is 2. The molecule has 1 aliphatic carbocycles. The summed E-state index contributed by atoms with van der Waals surface area (Å²) < 4.78 is 0. The quantitative estimate of drug-likeness (QED) is 0.572. The SMILES string of the molecule is CCN(CCO)C1=CC(C)C(N)(N)C=C1. The predicted molar refractivity (Wildman–Crippen MR) is 61.8 cm³/mol. The molecule has 0 aromatic rings. The molecule has 0 radical (unpaired) electrons. The van der Waals surface area contributed by atoms with Crippen LogP contribution in [0.2, 0.25) is 0 Å². The molecule has 0 aliphatic heterocycles. The maximum atomic E-state index is 8.92. The predicted octanol–water partition coefficient (Wildman–Crippen LogP) is 0.00410. The molecule has 0 spiro atoms. The summed E-state index contributed by atoms with van der Waals surface area (Å²) in [7, 11) is 0. The average Bonchev–Trinajstić information content (AvgIpc) is 2.19. The number of nitrogens with zero attached hydrogens (tertiary/aromatic N) is 1. The van der Waals surface area contributed by atoms with Crippen molar-refractivity contribution in [3.8, 4) is 0 Å². The van der Waals surface area contributed by atoms with Crippen LogP contribution in [0, 0.1) is 5.92 Å². The van der Waals surface area contributed by atoms with E-state index in [1.807, 2.05) is 19.1 Å². The van der Waals surface area contributed by atoms with Gasteiger partial charge in [-0.05, 0) is 19.1 Å². The molecule has 1 rings (SSSR count). The van der Waals surface area contributed by atoms with Crippen LogP contribution in [-0.2, 0) is 0 Å². The number of allylic oxidation sites excluding steroid dienone is 1. The van der Waals surface area contributed by atoms with Crippen molar-refractivity contribution < 1.29 is 5.11 Å². The molecule has 1 atom stereocenters. The van der Waals surface area contributed by atoms with E-state index in [-0.39, 0.29) is 12.5 Å². The van der Waals surface area contributed by atoms with Crippen molar-refractivity contribution in [1.82, 2.24) is 4.90 Å². The van der Waals surface area contributed by atoms with Crippen LogP contribution in [-0.4, -0.2) is 35.4 Å². The molecular weight excluding hydrogens is 190 g/mol. The van der Waals surface area contributed by atoms with Gasteiger partial charge in [-0.15, -0.1) is 0 Å². The fraction of sp³-hybridized carbons (Fsp3) is 0.636. The molecule has 0 aromatic heterocycles. The number of rotatable bonds is 4. The van der Waals surface area contributed by atoms with Crippen molar-refractivity contribution >= 4 is 0 Å². The van der Waals surface area contributed by atoms with Gasteiger partial charge in [-0.1, -0.05) is 13.0 Å². The highest BCUT2D eigenvalue weighted by atomic mass is 16.3. The van der Waals surface area contributed by atoms with E-state index in [4.69, 9.17) is 16.6 Å². The van der Waals surface area contributed by atoms with Gasteiger partial charge in [-0.2, -0.15) is 0 Å². The Bertz CT molecular complexity index is 271. The molecule has 5 N–H and O–H groups in total. The van der Waals surface area contributed by atoms with Gasteiger partial charge >= 0.3 is 0 Å². The van der Waals surface area contributed by atoms with E-state index in [9.17, 15) is 0 Å². The van der Waals surface area contributed by atoms with E-state index in [1.165, 1.54) is 0 Å². The molecule has 4 heteroatoms. The molecule has 1 aliphatic rings. The van der Waals surface area contributed by atoms with Crippen LogP contribution in [0.4, 0.5) is 0 Å². The largest absolute Gasteiger partial charge is 0.395 e. The Balaban J connectivity index is 2.77. The molecule has 15 heavy (non-hydrogen) atoms. The molecule has 0 aromatic carbocycles. The Morgan fingerprint density at radius 3 is 2.67 bits per heavy atom. The Labute approximate surface area is 91.2 Å². The fourth-order valence-corrected chi connectivity index (χ4v) is 1.64. The van der Waals surface area contributed by atoms with Gasteiger partial charge in [-0.3, -0.25) is 0 Å². The van der Waals surface area contributed by atoms with Crippen LogP contribution >= 0.6 is 0 Å². The normalized spacial score (nSPS) is 23.8. The van der Waals surface area contributed by atoms with Crippen molar-refractivity contribution in [3.63, 3.8) is 0 Å². The zero-order valence-corrected chi connectivity index (χ0v) is 9.48. The topological polar surface area (TPSA) is 75.5 Å². The minimum Gasteiger partial charge on any atom is -0.395 e. The average molecular weight is 211 g/mol. The van der Waals surface area contributed by atoms with Crippen molar-refractivity contribution in [1.29, 1.82) is 0 Å². The van der Waals surface area contributed by atoms with Crippen molar-refractivity contribution in [2.45, 2.75) is 19.5 Å². The minimum absolute atomic E-state index is 0.102. The highest BCUT2D eigenvalue weighted by Crippen LogP contribution is 2.22. The molecule has 0 bridgehead atoms. The van der Waals surface area contributed by atoms with Gasteiger partial charge < -0.3 is 21.5 Å². The van der Waals surface area contributed by atoms with Crippen LogP contribution < -0.4 is 11.5 Å². The van der Waals surface area contributed by atoms with E-state index < -0.39 is 5.66 Å². The molecule has 0 saturated carbocycles. The van der Waals surface area contributed by atoms with E-state index >= 15 is 0 Å². The van der Waals surface area contributed by atoms with E-state index in [0.29, 0.717) is 6.54 Å². The van der Waals surface area contributed by atoms with Crippen molar-refractivity contribution in [3.05, 3.63) is 23.9 Å². The number of hydrogen-bond donors (Lipinski definition) is 3. The Morgan fingerprint density at radius 1 is 1.53 bits per heavy atom. The Hall–Kier alpha value is -0.840. The minimum atomic E-state index is -0.748. The molecule has 86 valence electrons. The molecule has 0 heterocycles. The van der Waals surface area contributed by atoms with Gasteiger partial charge in [0.25, 0.3) is 0 Å². The standard InChI is InChI=1S/C11H21N3O/c1-3-14(6-7-15)10-4-5-11(12,13)9(2)8-10/h4-5,8-9,15H,3,6-7,12-13H2,1-2H3. The van der Waals surface area contributed by atoms with Gasteiger partial charge in [0.1, 0.15) is 0 Å². The molecular formula is C11H21N3O. The molecule has 4 nitrogen and oxygen atoms in total. The summed E-state index contributed by atoms with van der Waals surface area (Å²) in [6.45, 7) is 5.72. The first kappa shape index (κ1) is 12.2. The van der Waals surface area contributed by atoms with Crippen molar-refractivity contribution in [2.24, 2.45) is 17.4 Å². The molecule has 1 unspecified atom stereocenters. The van der Waals surface area contributed by atoms with Crippen LogP contribution in [0.1, 0.15) is 13.8 Å². The first-order valence-electron chi connectivity index (χ1n) is 5.36. The number of hydrogen-bond acceptors (Lipinski definition) is 4. The lowest BCUT2D eigenvalue weighted by atomic mass is 9.90. The highest BCUT2D eigenvalue weighted by Gasteiger charge is 2.26. The first-order valence-corrected chi connectivity index (χ1v) is 5.36. The molecule has 0 saturated heterocycles. The summed E-state index contributed by atoms with van der Waals surface area (Å²) in [6, 6.07) is 0. The van der Waals surface area contributed by atoms with Crippen LogP contribution in [0.3, 0.4) is 0 Å². The third-order valence-electron chi connectivity index (χ3n) is 2.87. The number of aliphatic hydroxyl groups excluding tert-OH is 1. The lowest BCUT2D eigenvalue weighted by Gasteiger charge is -2.33. The summed E-state index contributed by atoms with van der Waals surface area (Å²) in [6.07, 6.45) is 5.81. The molecule has 0 fully saturated rings. The van der Waals surface area contributed by atoms with Gasteiger partial charge in [0.2, 0.25) is 0 Å². The Morgan fingerprint density at radius 2 is 2.20 bits per heavy atom. The lowest BCUT2D eigenvalue weighted by Crippen LogP contribution is -2.53. The van der Waals surface area contributed by atoms with Crippen LogP contribution in [0.15, 0.2) is 23.9 Å². The number of likely N-dealkylation sites (N-methyl/N-ethyl adjacent to an activating group) is 1. The third kappa shape index (κ3) is 2.81. The third-order valence-corrected chi connectivity index (χ3v) is 2.87. The Kier molecular flexibility index (Phi) is 3.90. The summed E-state index contributed by atoms with van der Waals surface area (Å²) in [5.74, 6) is 0.102. The number of aliphatic hydroxyl groups is 1. The molecule has 0 amide bonds. The van der Waals surface area contributed by atoms with E-state index in [2.05, 4.69) is 17.9 Å². The van der Waals surface area contributed by atoms with E-state index in [1.54, 1.807) is 0 Å². The van der Waals surface area contributed by atoms with Gasteiger partial charge in [0.15, 0.2) is 0 Å².